The Hall–Kier alpha value is -2.93. The molecule has 156 valence electrons. The number of carbonyl (C=O) groups is 1. The Morgan fingerprint density at radius 3 is 2.33 bits per heavy atom. The number of hydrogen-bond donors (Lipinski definition) is 2. The molecule has 0 bridgehead atoms. The second-order valence-electron chi connectivity index (χ2n) is 5.85. The molecular weight excluding hydrogens is 523 g/mol. The summed E-state index contributed by atoms with van der Waals surface area (Å²) in [7, 11) is -1.18. The second kappa shape index (κ2) is 9.26. The van der Waals surface area contributed by atoms with Gasteiger partial charge in [-0.2, -0.15) is 9.97 Å². The minimum absolute atomic E-state index is 0.00488. The molecule has 0 aliphatic heterocycles. The number of amides is 1. The minimum atomic E-state index is -3.93. The lowest BCUT2D eigenvalue weighted by molar-refractivity contribution is 0.102. The van der Waals surface area contributed by atoms with E-state index in [4.69, 9.17) is 9.47 Å². The highest BCUT2D eigenvalue weighted by Crippen LogP contribution is 2.22. The van der Waals surface area contributed by atoms with Crippen LogP contribution in [0.25, 0.3) is 0 Å². The van der Waals surface area contributed by atoms with E-state index in [-0.39, 0.29) is 28.5 Å². The van der Waals surface area contributed by atoms with Crippen LogP contribution in [0.2, 0.25) is 0 Å². The molecule has 11 heteroatoms. The molecule has 3 rings (SSSR count). The number of aromatic nitrogens is 2. The molecule has 0 unspecified atom stereocenters. The van der Waals surface area contributed by atoms with Crippen molar-refractivity contribution < 1.29 is 22.7 Å². The van der Waals surface area contributed by atoms with E-state index in [0.29, 0.717) is 11.3 Å². The maximum Gasteiger partial charge on any atom is 0.321 e. The summed E-state index contributed by atoms with van der Waals surface area (Å²) in [6, 6.07) is 14.2. The number of benzene rings is 2. The van der Waals surface area contributed by atoms with Crippen LogP contribution < -0.4 is 19.5 Å². The van der Waals surface area contributed by atoms with E-state index in [9.17, 15) is 13.2 Å². The van der Waals surface area contributed by atoms with Crippen molar-refractivity contribution in [3.8, 4) is 11.9 Å². The fraction of sp³-hybridized carbons (Fsp3) is 0.105. The van der Waals surface area contributed by atoms with Crippen molar-refractivity contribution in [3.05, 3.63) is 63.7 Å². The smallest absolute Gasteiger partial charge is 0.321 e. The second-order valence-corrected chi connectivity index (χ2v) is 8.69. The molecule has 0 aliphatic carbocycles. The Morgan fingerprint density at radius 2 is 1.70 bits per heavy atom. The summed E-state index contributed by atoms with van der Waals surface area (Å²) in [5, 5.41) is 2.74. The first-order valence-electron chi connectivity index (χ1n) is 8.48. The molecule has 9 nitrogen and oxygen atoms in total. The number of nitrogens with zero attached hydrogens (tertiary/aromatic N) is 2. The van der Waals surface area contributed by atoms with Crippen LogP contribution in [-0.4, -0.2) is 38.5 Å². The number of sulfonamides is 1. The maximum absolute atomic E-state index is 12.7. The molecule has 2 N–H and O–H groups in total. The monoisotopic (exact) mass is 540 g/mol. The molecule has 0 atom stereocenters. The topological polar surface area (TPSA) is 120 Å². The van der Waals surface area contributed by atoms with Gasteiger partial charge in [0.15, 0.2) is 5.82 Å². The van der Waals surface area contributed by atoms with Gasteiger partial charge in [0.1, 0.15) is 0 Å². The van der Waals surface area contributed by atoms with Crippen molar-refractivity contribution in [3.63, 3.8) is 0 Å². The lowest BCUT2D eigenvalue weighted by Crippen LogP contribution is -2.15. The number of methoxy groups -OCH3 is 2. The lowest BCUT2D eigenvalue weighted by atomic mass is 10.2. The molecule has 0 saturated carbocycles. The van der Waals surface area contributed by atoms with E-state index >= 15 is 0 Å². The molecule has 0 aliphatic rings. The van der Waals surface area contributed by atoms with Crippen LogP contribution in [0, 0.1) is 3.57 Å². The van der Waals surface area contributed by atoms with Gasteiger partial charge in [-0.15, -0.1) is 0 Å². The van der Waals surface area contributed by atoms with Gasteiger partial charge in [-0.1, -0.05) is 12.1 Å². The van der Waals surface area contributed by atoms with E-state index in [1.165, 1.54) is 44.6 Å². The first-order chi connectivity index (χ1) is 14.3. The third kappa shape index (κ3) is 5.16. The van der Waals surface area contributed by atoms with Gasteiger partial charge in [0.25, 0.3) is 15.9 Å². The predicted octanol–water partition coefficient (Wildman–Crippen LogP) is 3.15. The van der Waals surface area contributed by atoms with Gasteiger partial charge in [0.05, 0.1) is 24.7 Å². The summed E-state index contributed by atoms with van der Waals surface area (Å²) < 4.78 is 38.4. The average molecular weight is 540 g/mol. The molecule has 0 fully saturated rings. The minimum Gasteiger partial charge on any atom is -0.481 e. The van der Waals surface area contributed by atoms with Gasteiger partial charge >= 0.3 is 6.01 Å². The Balaban J connectivity index is 1.77. The largest absolute Gasteiger partial charge is 0.481 e. The summed E-state index contributed by atoms with van der Waals surface area (Å²) in [4.78, 5) is 20.2. The molecule has 30 heavy (non-hydrogen) atoms. The van der Waals surface area contributed by atoms with Crippen LogP contribution in [0.1, 0.15) is 10.4 Å². The molecule has 1 heterocycles. The number of rotatable bonds is 7. The number of nitrogens with one attached hydrogen (secondary N) is 2. The van der Waals surface area contributed by atoms with E-state index < -0.39 is 10.0 Å². The summed E-state index contributed by atoms with van der Waals surface area (Å²) >= 11 is 2.08. The number of carbonyl (C=O) groups excluding carboxylic acids is 1. The predicted molar refractivity (Wildman–Crippen MR) is 119 cm³/mol. The fourth-order valence-electron chi connectivity index (χ4n) is 2.41. The summed E-state index contributed by atoms with van der Waals surface area (Å²) in [5.74, 6) is -0.142. The van der Waals surface area contributed by atoms with Gasteiger partial charge < -0.3 is 14.8 Å². The number of ether oxygens (including phenoxy) is 2. The van der Waals surface area contributed by atoms with Gasteiger partial charge in [-0.25, -0.2) is 8.42 Å². The SMILES string of the molecule is COc1cc(NS(=O)(=O)c2ccc(NC(=O)c3ccccc3I)cc2)nc(OC)n1. The van der Waals surface area contributed by atoms with Crippen molar-refractivity contribution in [2.75, 3.05) is 24.3 Å². The Kier molecular flexibility index (Phi) is 6.72. The van der Waals surface area contributed by atoms with E-state index in [0.717, 1.165) is 3.57 Å². The first-order valence-corrected chi connectivity index (χ1v) is 11.0. The zero-order chi connectivity index (χ0) is 21.7. The molecule has 2 aromatic carbocycles. The van der Waals surface area contributed by atoms with Crippen LogP contribution in [-0.2, 0) is 10.0 Å². The van der Waals surface area contributed by atoms with Gasteiger partial charge in [0, 0.05) is 15.3 Å². The standard InChI is InChI=1S/C19H17IN4O5S/c1-28-17-11-16(22-19(23-17)29-2)24-30(26,27)13-9-7-12(8-10-13)21-18(25)14-5-3-4-6-15(14)20/h3-11H,1-2H3,(H,21,25)(H,22,23,24). The summed E-state index contributed by atoms with van der Waals surface area (Å²) in [6.07, 6.45) is 0. The van der Waals surface area contributed by atoms with Crippen LogP contribution in [0.3, 0.4) is 0 Å². The highest BCUT2D eigenvalue weighted by atomic mass is 127. The van der Waals surface area contributed by atoms with Crippen molar-refractivity contribution in [1.29, 1.82) is 0 Å². The lowest BCUT2D eigenvalue weighted by Gasteiger charge is -2.11. The Labute approximate surface area is 187 Å². The Morgan fingerprint density at radius 1 is 1.00 bits per heavy atom. The van der Waals surface area contributed by atoms with Crippen LogP contribution in [0.15, 0.2) is 59.5 Å². The highest BCUT2D eigenvalue weighted by Gasteiger charge is 2.17. The van der Waals surface area contributed by atoms with Crippen molar-refractivity contribution in [2.45, 2.75) is 4.90 Å². The Bertz CT molecular complexity index is 1150. The molecule has 0 saturated heterocycles. The molecule has 0 radical (unpaired) electrons. The van der Waals surface area contributed by atoms with Gasteiger partial charge in [-0.3, -0.25) is 9.52 Å². The van der Waals surface area contributed by atoms with Crippen molar-refractivity contribution in [2.24, 2.45) is 0 Å². The fourth-order valence-corrected chi connectivity index (χ4v) is 4.03. The third-order valence-electron chi connectivity index (χ3n) is 3.85. The van der Waals surface area contributed by atoms with Gasteiger partial charge in [0.2, 0.25) is 5.88 Å². The van der Waals surface area contributed by atoms with E-state index in [2.05, 4.69) is 42.6 Å². The summed E-state index contributed by atoms with van der Waals surface area (Å²) in [5.41, 5.74) is 0.993. The van der Waals surface area contributed by atoms with Crippen molar-refractivity contribution in [1.82, 2.24) is 9.97 Å². The molecule has 1 amide bonds. The van der Waals surface area contributed by atoms with Crippen LogP contribution in [0.5, 0.6) is 11.9 Å². The number of hydrogen-bond acceptors (Lipinski definition) is 7. The quantitative estimate of drug-likeness (QED) is 0.442. The van der Waals surface area contributed by atoms with E-state index in [1.807, 2.05) is 12.1 Å². The van der Waals surface area contributed by atoms with Crippen LogP contribution in [0.4, 0.5) is 11.5 Å². The molecule has 0 spiro atoms. The average Bonchev–Trinajstić information content (AvgIpc) is 2.73. The van der Waals surface area contributed by atoms with Gasteiger partial charge in [-0.05, 0) is 59.0 Å². The maximum atomic E-state index is 12.7. The zero-order valence-corrected chi connectivity index (χ0v) is 18.9. The highest BCUT2D eigenvalue weighted by molar-refractivity contribution is 14.1. The van der Waals surface area contributed by atoms with Crippen LogP contribution >= 0.6 is 22.6 Å². The third-order valence-corrected chi connectivity index (χ3v) is 6.17. The normalized spacial score (nSPS) is 10.9. The number of halogens is 1. The van der Waals surface area contributed by atoms with E-state index in [1.54, 1.807) is 12.1 Å². The van der Waals surface area contributed by atoms with Crippen molar-refractivity contribution >= 4 is 50.0 Å². The molecule has 3 aromatic rings. The summed E-state index contributed by atoms with van der Waals surface area (Å²) in [6.45, 7) is 0. The number of anilines is 2. The first kappa shape index (κ1) is 21.8. The molecule has 1 aromatic heterocycles. The zero-order valence-electron chi connectivity index (χ0n) is 15.9. The molecular formula is C19H17IN4O5S.